The Bertz CT molecular complexity index is 716. The first kappa shape index (κ1) is 15.7. The normalized spacial score (nSPS) is 11.5. The van der Waals surface area contributed by atoms with Gasteiger partial charge in [-0.15, -0.1) is 0 Å². The van der Waals surface area contributed by atoms with E-state index in [9.17, 15) is 9.59 Å². The molecule has 2 aromatic heterocycles. The predicted octanol–water partition coefficient (Wildman–Crippen LogP) is 3.21. The summed E-state index contributed by atoms with van der Waals surface area (Å²) in [4.78, 5) is 27.9. The van der Waals surface area contributed by atoms with Gasteiger partial charge < -0.3 is 9.47 Å². The first-order valence-corrected chi connectivity index (χ1v) is 7.29. The molecule has 7 heteroatoms. The lowest BCUT2D eigenvalue weighted by Crippen LogP contribution is -2.26. The molecule has 0 saturated heterocycles. The average Bonchev–Trinajstić information content (AvgIpc) is 2.73. The number of fused-ring (bicyclic) bond motifs is 1. The summed E-state index contributed by atoms with van der Waals surface area (Å²) in [7, 11) is 1.31. The van der Waals surface area contributed by atoms with Gasteiger partial charge in [-0.2, -0.15) is 0 Å². The molecular formula is C14H15IN2O4. The molecule has 2 rings (SSSR count). The highest BCUT2D eigenvalue weighted by atomic mass is 127. The lowest BCUT2D eigenvalue weighted by atomic mass is 10.2. The zero-order valence-corrected chi connectivity index (χ0v) is 14.3. The Morgan fingerprint density at radius 1 is 1.33 bits per heavy atom. The smallest absolute Gasteiger partial charge is 0.420 e. The molecule has 0 N–H and O–H groups in total. The van der Waals surface area contributed by atoms with Crippen molar-refractivity contribution in [3.8, 4) is 0 Å². The van der Waals surface area contributed by atoms with Crippen LogP contribution < -0.4 is 0 Å². The van der Waals surface area contributed by atoms with Crippen LogP contribution in [0.2, 0.25) is 0 Å². The molecule has 0 aliphatic carbocycles. The Morgan fingerprint density at radius 3 is 2.57 bits per heavy atom. The van der Waals surface area contributed by atoms with Crippen molar-refractivity contribution in [2.24, 2.45) is 0 Å². The summed E-state index contributed by atoms with van der Waals surface area (Å²) in [5.74, 6) is -0.467. The van der Waals surface area contributed by atoms with Gasteiger partial charge in [0.2, 0.25) is 0 Å². The molecule has 2 heterocycles. The molecule has 0 radical (unpaired) electrons. The lowest BCUT2D eigenvalue weighted by molar-refractivity contribution is 0.0542. The maximum atomic E-state index is 12.2. The fourth-order valence-corrected chi connectivity index (χ4v) is 2.42. The maximum absolute atomic E-state index is 12.2. The lowest BCUT2D eigenvalue weighted by Gasteiger charge is -2.19. The molecule has 112 valence electrons. The van der Waals surface area contributed by atoms with Gasteiger partial charge in [-0.05, 0) is 49.4 Å². The van der Waals surface area contributed by atoms with Crippen molar-refractivity contribution in [1.82, 2.24) is 9.55 Å². The van der Waals surface area contributed by atoms with Gasteiger partial charge in [-0.3, -0.25) is 0 Å². The predicted molar refractivity (Wildman–Crippen MR) is 85.4 cm³/mol. The molecule has 0 saturated carbocycles. The molecule has 6 nitrogen and oxygen atoms in total. The quantitative estimate of drug-likeness (QED) is 0.541. The van der Waals surface area contributed by atoms with E-state index in [4.69, 9.17) is 4.74 Å². The Kier molecular flexibility index (Phi) is 4.22. The minimum absolute atomic E-state index is 0.338. The molecule has 0 atom stereocenters. The van der Waals surface area contributed by atoms with Crippen molar-refractivity contribution in [3.05, 3.63) is 27.6 Å². The fourth-order valence-electron chi connectivity index (χ4n) is 1.75. The van der Waals surface area contributed by atoms with Crippen LogP contribution >= 0.6 is 22.6 Å². The van der Waals surface area contributed by atoms with E-state index in [2.05, 4.69) is 32.3 Å². The number of esters is 1. The molecule has 0 aliphatic heterocycles. The third kappa shape index (κ3) is 3.34. The van der Waals surface area contributed by atoms with Crippen LogP contribution in [0.15, 0.2) is 18.5 Å². The summed E-state index contributed by atoms with van der Waals surface area (Å²) in [5, 5.41) is 0.698. The van der Waals surface area contributed by atoms with E-state index in [0.29, 0.717) is 16.6 Å². The van der Waals surface area contributed by atoms with Crippen molar-refractivity contribution in [1.29, 1.82) is 0 Å². The van der Waals surface area contributed by atoms with E-state index in [1.165, 1.54) is 17.9 Å². The summed E-state index contributed by atoms with van der Waals surface area (Å²) in [5.41, 5.74) is 0.191. The van der Waals surface area contributed by atoms with Crippen LogP contribution in [0, 0.1) is 3.57 Å². The van der Waals surface area contributed by atoms with Gasteiger partial charge >= 0.3 is 12.1 Å². The number of hydrogen-bond donors (Lipinski definition) is 0. The second-order valence-corrected chi connectivity index (χ2v) is 6.58. The van der Waals surface area contributed by atoms with E-state index in [0.717, 1.165) is 3.57 Å². The van der Waals surface area contributed by atoms with E-state index < -0.39 is 17.7 Å². The van der Waals surface area contributed by atoms with Crippen molar-refractivity contribution in [3.63, 3.8) is 0 Å². The second kappa shape index (κ2) is 5.63. The van der Waals surface area contributed by atoms with Crippen molar-refractivity contribution >= 4 is 45.7 Å². The minimum atomic E-state index is -0.592. The number of rotatable bonds is 1. The van der Waals surface area contributed by atoms with Crippen molar-refractivity contribution < 1.29 is 19.1 Å². The van der Waals surface area contributed by atoms with E-state index in [1.807, 2.05) is 0 Å². The van der Waals surface area contributed by atoms with Gasteiger partial charge in [0.1, 0.15) is 5.60 Å². The third-order valence-corrected chi connectivity index (χ3v) is 3.47. The number of hydrogen-bond acceptors (Lipinski definition) is 5. The highest BCUT2D eigenvalue weighted by Gasteiger charge is 2.21. The van der Waals surface area contributed by atoms with E-state index in [1.54, 1.807) is 33.0 Å². The van der Waals surface area contributed by atoms with Crippen LogP contribution in [0.5, 0.6) is 0 Å². The molecule has 0 bridgehead atoms. The molecule has 0 aromatic carbocycles. The van der Waals surface area contributed by atoms with Crippen molar-refractivity contribution in [2.45, 2.75) is 26.4 Å². The molecule has 0 amide bonds. The first-order chi connectivity index (χ1) is 9.73. The standard InChI is InChI=1S/C14H15IN2O4/c1-14(2,3)21-13(19)17-7-10(15)9-5-8(12(18)20-4)6-16-11(9)17/h5-7H,1-4H3. The Labute approximate surface area is 135 Å². The van der Waals surface area contributed by atoms with E-state index >= 15 is 0 Å². The number of aromatic nitrogens is 2. The zero-order chi connectivity index (χ0) is 15.8. The average molecular weight is 402 g/mol. The Hall–Kier alpha value is -1.64. The summed E-state index contributed by atoms with van der Waals surface area (Å²) in [6, 6.07) is 1.65. The van der Waals surface area contributed by atoms with Crippen LogP contribution in [0.25, 0.3) is 11.0 Å². The Balaban J connectivity index is 2.49. The third-order valence-electron chi connectivity index (χ3n) is 2.61. The van der Waals surface area contributed by atoms with Gasteiger partial charge in [0.05, 0.1) is 12.7 Å². The van der Waals surface area contributed by atoms with Gasteiger partial charge in [0.15, 0.2) is 5.65 Å². The number of carbonyl (C=O) groups is 2. The topological polar surface area (TPSA) is 70.4 Å². The van der Waals surface area contributed by atoms with Crippen LogP contribution in [0.4, 0.5) is 4.79 Å². The zero-order valence-electron chi connectivity index (χ0n) is 12.1. The van der Waals surface area contributed by atoms with Crippen molar-refractivity contribution in [2.75, 3.05) is 7.11 Å². The molecule has 2 aromatic rings. The number of carbonyl (C=O) groups excluding carboxylic acids is 2. The molecule has 0 unspecified atom stereocenters. The second-order valence-electron chi connectivity index (χ2n) is 5.41. The summed E-state index contributed by atoms with van der Waals surface area (Å²) >= 11 is 2.08. The van der Waals surface area contributed by atoms with Crippen LogP contribution in [0.1, 0.15) is 31.1 Å². The van der Waals surface area contributed by atoms with Gasteiger partial charge in [0, 0.05) is 21.4 Å². The molecule has 21 heavy (non-hydrogen) atoms. The minimum Gasteiger partial charge on any atom is -0.465 e. The summed E-state index contributed by atoms with van der Waals surface area (Å²) in [6.07, 6.45) is 2.51. The SMILES string of the molecule is COC(=O)c1cnc2c(c1)c(I)cn2C(=O)OC(C)(C)C. The highest BCUT2D eigenvalue weighted by Crippen LogP contribution is 2.23. The Morgan fingerprint density at radius 2 is 2.00 bits per heavy atom. The van der Waals surface area contributed by atoms with Gasteiger partial charge in [-0.25, -0.2) is 19.1 Å². The molecule has 0 fully saturated rings. The largest absolute Gasteiger partial charge is 0.465 e. The van der Waals surface area contributed by atoms with Crippen LogP contribution in [0.3, 0.4) is 0 Å². The number of pyridine rings is 1. The van der Waals surface area contributed by atoms with Gasteiger partial charge in [0.25, 0.3) is 0 Å². The summed E-state index contributed by atoms with van der Waals surface area (Å²) < 4.78 is 12.1. The fraction of sp³-hybridized carbons (Fsp3) is 0.357. The van der Waals surface area contributed by atoms with Gasteiger partial charge in [-0.1, -0.05) is 0 Å². The first-order valence-electron chi connectivity index (χ1n) is 6.21. The number of methoxy groups -OCH3 is 1. The number of halogens is 1. The number of nitrogens with zero attached hydrogens (tertiary/aromatic N) is 2. The highest BCUT2D eigenvalue weighted by molar-refractivity contribution is 14.1. The number of ether oxygens (including phenoxy) is 2. The molecule has 0 aliphatic rings. The maximum Gasteiger partial charge on any atom is 0.420 e. The van der Waals surface area contributed by atoms with E-state index in [-0.39, 0.29) is 0 Å². The van der Waals surface area contributed by atoms with Crippen LogP contribution in [-0.2, 0) is 9.47 Å². The summed E-state index contributed by atoms with van der Waals surface area (Å²) in [6.45, 7) is 5.39. The molecule has 0 spiro atoms. The monoisotopic (exact) mass is 402 g/mol. The van der Waals surface area contributed by atoms with Crippen LogP contribution in [-0.4, -0.2) is 34.3 Å². The molecular weight excluding hydrogens is 387 g/mol.